The minimum Gasteiger partial charge on any atom is -0.349 e. The molecule has 0 saturated carbocycles. The van der Waals surface area contributed by atoms with Gasteiger partial charge in [0.1, 0.15) is 6.54 Å². The van der Waals surface area contributed by atoms with Gasteiger partial charge in [-0.25, -0.2) is 0 Å². The zero-order valence-corrected chi connectivity index (χ0v) is 21.1. The van der Waals surface area contributed by atoms with Gasteiger partial charge in [-0.1, -0.05) is 30.3 Å². The fraction of sp³-hybridized carbons (Fsp3) is 0.310. The first-order chi connectivity index (χ1) is 17.8. The molecule has 1 aliphatic rings. The van der Waals surface area contributed by atoms with E-state index in [-0.39, 0.29) is 30.1 Å². The van der Waals surface area contributed by atoms with Crippen LogP contribution in [0.3, 0.4) is 0 Å². The van der Waals surface area contributed by atoms with Crippen LogP contribution in [-0.4, -0.2) is 51.7 Å². The lowest BCUT2D eigenvalue weighted by Crippen LogP contribution is -2.33. The second kappa shape index (κ2) is 10.0. The largest absolute Gasteiger partial charge is 0.349 e. The summed E-state index contributed by atoms with van der Waals surface area (Å²) in [7, 11) is 0. The van der Waals surface area contributed by atoms with Crippen molar-refractivity contribution in [1.29, 1.82) is 0 Å². The number of benzene rings is 2. The van der Waals surface area contributed by atoms with Crippen LogP contribution in [0, 0.1) is 13.8 Å². The summed E-state index contributed by atoms with van der Waals surface area (Å²) in [5.41, 5.74) is 4.28. The van der Waals surface area contributed by atoms with Gasteiger partial charge in [0.25, 0.3) is 17.2 Å². The predicted molar refractivity (Wildman–Crippen MR) is 143 cm³/mol. The molecule has 5 rings (SSSR count). The number of likely N-dealkylation sites (tertiary alicyclic amines) is 1. The topological polar surface area (TPSA) is 104 Å². The second-order valence-electron chi connectivity index (χ2n) is 9.71. The summed E-state index contributed by atoms with van der Waals surface area (Å²) >= 11 is 0. The van der Waals surface area contributed by atoms with E-state index in [4.69, 9.17) is 0 Å². The van der Waals surface area contributed by atoms with Gasteiger partial charge >= 0.3 is 0 Å². The molecule has 0 radical (unpaired) electrons. The maximum Gasteiger partial charge on any atom is 0.292 e. The lowest BCUT2D eigenvalue weighted by atomic mass is 10.0. The van der Waals surface area contributed by atoms with E-state index in [1.165, 1.54) is 0 Å². The molecule has 2 amide bonds. The van der Waals surface area contributed by atoms with E-state index >= 15 is 0 Å². The number of nitrogens with zero attached hydrogens (tertiary/aromatic N) is 2. The summed E-state index contributed by atoms with van der Waals surface area (Å²) in [6.07, 6.45) is 3.90. The molecule has 8 heteroatoms. The molecule has 37 heavy (non-hydrogen) atoms. The predicted octanol–water partition coefficient (Wildman–Crippen LogP) is 3.26. The Morgan fingerprint density at radius 3 is 2.57 bits per heavy atom. The Kier molecular flexibility index (Phi) is 6.65. The first-order valence-electron chi connectivity index (χ1n) is 12.6. The highest BCUT2D eigenvalue weighted by Crippen LogP contribution is 2.23. The van der Waals surface area contributed by atoms with Crippen molar-refractivity contribution >= 4 is 39.4 Å². The number of aromatic amines is 1. The molecule has 1 aliphatic heterocycles. The summed E-state index contributed by atoms with van der Waals surface area (Å²) in [5, 5.41) is 4.22. The number of ketones is 1. The number of carbonyl (C=O) groups is 3. The number of pyridine rings is 1. The van der Waals surface area contributed by atoms with E-state index in [9.17, 15) is 19.2 Å². The molecular weight excluding hydrogens is 468 g/mol. The highest BCUT2D eigenvalue weighted by molar-refractivity contribution is 6.45. The van der Waals surface area contributed by atoms with Crippen LogP contribution in [0.15, 0.2) is 53.5 Å². The molecule has 0 aliphatic carbocycles. The molecule has 1 fully saturated rings. The van der Waals surface area contributed by atoms with Crippen molar-refractivity contribution in [3.63, 3.8) is 0 Å². The van der Waals surface area contributed by atoms with Crippen LogP contribution in [0.4, 0.5) is 0 Å². The number of aryl methyl sites for hydroxylation is 2. The monoisotopic (exact) mass is 498 g/mol. The van der Waals surface area contributed by atoms with Crippen LogP contribution in [0.2, 0.25) is 0 Å². The molecule has 3 heterocycles. The first-order valence-corrected chi connectivity index (χ1v) is 12.6. The Morgan fingerprint density at radius 2 is 1.78 bits per heavy atom. The summed E-state index contributed by atoms with van der Waals surface area (Å²) in [5.74, 6) is -1.40. The highest BCUT2D eigenvalue weighted by Gasteiger charge is 2.24. The number of aromatic nitrogens is 2. The minimum atomic E-state index is -0.738. The number of hydrogen-bond donors (Lipinski definition) is 2. The van der Waals surface area contributed by atoms with E-state index in [0.717, 1.165) is 53.5 Å². The zero-order valence-electron chi connectivity index (χ0n) is 21.1. The number of carbonyl (C=O) groups excluding carboxylic acids is 3. The van der Waals surface area contributed by atoms with Crippen molar-refractivity contribution in [2.75, 3.05) is 19.6 Å². The molecule has 190 valence electrons. The normalized spacial score (nSPS) is 13.4. The zero-order chi connectivity index (χ0) is 26.1. The number of amides is 2. The fourth-order valence-electron chi connectivity index (χ4n) is 5.04. The van der Waals surface area contributed by atoms with Gasteiger partial charge in [-0.15, -0.1) is 0 Å². The van der Waals surface area contributed by atoms with Crippen LogP contribution in [0.25, 0.3) is 21.8 Å². The van der Waals surface area contributed by atoms with Crippen LogP contribution in [-0.2, 0) is 22.6 Å². The number of fused-ring (bicyclic) bond motifs is 2. The van der Waals surface area contributed by atoms with Gasteiger partial charge in [0.05, 0.1) is 11.1 Å². The third-order valence-corrected chi connectivity index (χ3v) is 7.31. The van der Waals surface area contributed by atoms with Crippen LogP contribution in [0.5, 0.6) is 0 Å². The van der Waals surface area contributed by atoms with E-state index in [0.29, 0.717) is 17.4 Å². The van der Waals surface area contributed by atoms with Crippen molar-refractivity contribution < 1.29 is 14.4 Å². The Labute approximate surface area is 214 Å². The molecule has 1 saturated heterocycles. The molecule has 2 aromatic heterocycles. The average Bonchev–Trinajstić information content (AvgIpc) is 3.56. The quantitative estimate of drug-likeness (QED) is 0.301. The Hall–Kier alpha value is -4.20. The maximum absolute atomic E-state index is 13.1. The van der Waals surface area contributed by atoms with Crippen molar-refractivity contribution in [2.24, 2.45) is 0 Å². The maximum atomic E-state index is 13.1. The summed E-state index contributed by atoms with van der Waals surface area (Å²) in [6.45, 7) is 5.75. The summed E-state index contributed by atoms with van der Waals surface area (Å²) < 4.78 is 1.74. The molecule has 4 aromatic rings. The minimum absolute atomic E-state index is 0.00710. The standard InChI is InChI=1S/C29H30N4O4/c1-18-9-10-20-15-21(28(36)31-26(20)19(18)2)11-12-30-29(37)27(35)23-16-33(24-8-4-3-7-22(23)24)17-25(34)32-13-5-6-14-32/h3-4,7-10,15-16H,5-6,11-14,17H2,1-2H3,(H,30,37)(H,31,36). The van der Waals surface area contributed by atoms with Gasteiger partial charge in [-0.05, 0) is 61.8 Å². The molecule has 0 atom stereocenters. The highest BCUT2D eigenvalue weighted by atomic mass is 16.2. The Balaban J connectivity index is 1.29. The van der Waals surface area contributed by atoms with E-state index in [1.54, 1.807) is 22.9 Å². The van der Waals surface area contributed by atoms with Gasteiger partial charge in [0, 0.05) is 42.3 Å². The molecule has 2 aromatic carbocycles. The van der Waals surface area contributed by atoms with Crippen molar-refractivity contribution in [3.8, 4) is 0 Å². The molecular formula is C29H30N4O4. The fourth-order valence-corrected chi connectivity index (χ4v) is 5.04. The smallest absolute Gasteiger partial charge is 0.292 e. The summed E-state index contributed by atoms with van der Waals surface area (Å²) in [4.78, 5) is 55.9. The number of nitrogens with one attached hydrogen (secondary N) is 2. The van der Waals surface area contributed by atoms with Crippen LogP contribution < -0.4 is 10.9 Å². The van der Waals surface area contributed by atoms with E-state index in [2.05, 4.69) is 10.3 Å². The van der Waals surface area contributed by atoms with Crippen LogP contribution >= 0.6 is 0 Å². The van der Waals surface area contributed by atoms with Crippen molar-refractivity contribution in [3.05, 3.63) is 81.3 Å². The molecule has 8 nitrogen and oxygen atoms in total. The van der Waals surface area contributed by atoms with Crippen molar-refractivity contribution in [1.82, 2.24) is 19.8 Å². The number of hydrogen-bond acceptors (Lipinski definition) is 4. The molecule has 0 spiro atoms. The summed E-state index contributed by atoms with van der Waals surface area (Å²) in [6, 6.07) is 13.1. The lowest BCUT2D eigenvalue weighted by molar-refractivity contribution is -0.130. The van der Waals surface area contributed by atoms with Gasteiger partial charge < -0.3 is 19.8 Å². The van der Waals surface area contributed by atoms with Crippen molar-refractivity contribution in [2.45, 2.75) is 39.7 Å². The lowest BCUT2D eigenvalue weighted by Gasteiger charge is -2.15. The molecule has 2 N–H and O–H groups in total. The van der Waals surface area contributed by atoms with E-state index in [1.807, 2.05) is 49.1 Å². The van der Waals surface area contributed by atoms with Gasteiger partial charge in [0.2, 0.25) is 5.91 Å². The second-order valence-corrected chi connectivity index (χ2v) is 9.71. The first kappa shape index (κ1) is 24.5. The third-order valence-electron chi connectivity index (χ3n) is 7.31. The number of para-hydroxylation sites is 1. The van der Waals surface area contributed by atoms with Gasteiger partial charge in [0.15, 0.2) is 0 Å². The number of rotatable bonds is 7. The Bertz CT molecular complexity index is 1590. The Morgan fingerprint density at radius 1 is 1.03 bits per heavy atom. The molecule has 0 unspecified atom stereocenters. The van der Waals surface area contributed by atoms with E-state index < -0.39 is 11.7 Å². The van der Waals surface area contributed by atoms with Gasteiger partial charge in [-0.2, -0.15) is 0 Å². The third kappa shape index (κ3) is 4.79. The SMILES string of the molecule is Cc1ccc2cc(CCNC(=O)C(=O)c3cn(CC(=O)N4CCCC4)c4ccccc34)c(=O)[nH]c2c1C. The average molecular weight is 499 g/mol. The van der Waals surface area contributed by atoms with Gasteiger partial charge in [-0.3, -0.25) is 19.2 Å². The number of Topliss-reactive ketones (excluding diaryl/α,β-unsaturated/α-hetero) is 1. The molecule has 0 bridgehead atoms. The number of H-pyrrole nitrogens is 1. The van der Waals surface area contributed by atoms with Crippen LogP contribution in [0.1, 0.15) is 39.9 Å².